The van der Waals surface area contributed by atoms with E-state index in [0.717, 1.165) is 19.3 Å². The molecule has 0 bridgehead atoms. The minimum atomic E-state index is -0.370. The van der Waals surface area contributed by atoms with Crippen LogP contribution in [0.25, 0.3) is 27.5 Å². The third-order valence-electron chi connectivity index (χ3n) is 6.07. The first-order chi connectivity index (χ1) is 15.7. The van der Waals surface area contributed by atoms with Gasteiger partial charge in [-0.25, -0.2) is 9.97 Å². The van der Waals surface area contributed by atoms with Crippen molar-refractivity contribution in [1.29, 1.82) is 0 Å². The summed E-state index contributed by atoms with van der Waals surface area (Å²) in [4.78, 5) is 24.9. The lowest BCUT2D eigenvalue weighted by molar-refractivity contribution is 0.242. The Morgan fingerprint density at radius 2 is 1.97 bits per heavy atom. The van der Waals surface area contributed by atoms with Crippen LogP contribution < -0.4 is 11.3 Å². The number of aliphatic hydroxyl groups excluding tert-OH is 1. The van der Waals surface area contributed by atoms with E-state index in [2.05, 4.69) is 68.5 Å². The number of nitrogens with one attached hydrogen (secondary N) is 1. The first-order valence-corrected chi connectivity index (χ1v) is 10.6. The monoisotopic (exact) mass is 425 g/mol. The zero-order valence-electron chi connectivity index (χ0n) is 17.5. The molecule has 0 spiro atoms. The van der Waals surface area contributed by atoms with Crippen molar-refractivity contribution in [2.75, 3.05) is 12.3 Å². The first kappa shape index (κ1) is 20.1. The fourth-order valence-electron chi connectivity index (χ4n) is 4.61. The maximum Gasteiger partial charge on any atom is 0.280 e. The second-order valence-electron chi connectivity index (χ2n) is 7.96. The number of benzene rings is 2. The van der Waals surface area contributed by atoms with Crippen LogP contribution in [0.5, 0.6) is 0 Å². The number of rotatable bonds is 1. The van der Waals surface area contributed by atoms with Crippen LogP contribution in [0.3, 0.4) is 0 Å². The van der Waals surface area contributed by atoms with E-state index in [1.54, 1.807) is 0 Å². The number of aliphatic hydroxyl groups is 1. The molecule has 0 radical (unpaired) electrons. The molecule has 1 unspecified atom stereocenters. The van der Waals surface area contributed by atoms with Gasteiger partial charge in [0.1, 0.15) is 0 Å². The normalized spacial score (nSPS) is 17.0. The molecule has 2 aliphatic carbocycles. The molecule has 2 aromatic carbocycles. The van der Waals surface area contributed by atoms with E-state index in [1.807, 2.05) is 0 Å². The molecular formula is C25H23N5O2. The van der Waals surface area contributed by atoms with Gasteiger partial charge in [0.25, 0.3) is 5.56 Å². The number of anilines is 1. The second kappa shape index (κ2) is 8.36. The SMILES string of the molecule is Nc1nc2nccnc2c(=O)[nH]1.OCC1Cc2c(ccc3ccccc23)C2=C1CCC=C2. The van der Waals surface area contributed by atoms with Crippen LogP contribution in [0.1, 0.15) is 24.0 Å². The van der Waals surface area contributed by atoms with Crippen LogP contribution in [0.4, 0.5) is 5.95 Å². The van der Waals surface area contributed by atoms with E-state index in [4.69, 9.17) is 5.73 Å². The van der Waals surface area contributed by atoms with Crippen molar-refractivity contribution in [3.63, 3.8) is 0 Å². The number of nitrogens with two attached hydrogens (primary N) is 1. The molecule has 0 fully saturated rings. The summed E-state index contributed by atoms with van der Waals surface area (Å²) in [5.41, 5.74) is 11.0. The van der Waals surface area contributed by atoms with Crippen molar-refractivity contribution in [2.45, 2.75) is 19.3 Å². The molecule has 0 saturated heterocycles. The average molecular weight is 425 g/mol. The molecule has 0 amide bonds. The first-order valence-electron chi connectivity index (χ1n) is 10.6. The lowest BCUT2D eigenvalue weighted by atomic mass is 9.74. The van der Waals surface area contributed by atoms with E-state index in [9.17, 15) is 9.90 Å². The van der Waals surface area contributed by atoms with Gasteiger partial charge in [0.15, 0.2) is 11.2 Å². The van der Waals surface area contributed by atoms with Gasteiger partial charge in [-0.2, -0.15) is 4.98 Å². The van der Waals surface area contributed by atoms with Gasteiger partial charge in [-0.3, -0.25) is 9.78 Å². The fraction of sp³-hybridized carbons (Fsp3) is 0.200. The van der Waals surface area contributed by atoms with Gasteiger partial charge in [0.2, 0.25) is 5.95 Å². The number of nitrogen functional groups attached to an aromatic ring is 1. The summed E-state index contributed by atoms with van der Waals surface area (Å²) < 4.78 is 0. The van der Waals surface area contributed by atoms with E-state index in [-0.39, 0.29) is 29.3 Å². The number of allylic oxidation sites excluding steroid dienone is 3. The summed E-state index contributed by atoms with van der Waals surface area (Å²) in [5, 5.41) is 12.4. The Morgan fingerprint density at radius 1 is 1.12 bits per heavy atom. The summed E-state index contributed by atoms with van der Waals surface area (Å²) >= 11 is 0. The molecule has 6 rings (SSSR count). The second-order valence-corrected chi connectivity index (χ2v) is 7.96. The molecule has 2 aromatic heterocycles. The molecule has 4 aromatic rings. The fourth-order valence-corrected chi connectivity index (χ4v) is 4.61. The van der Waals surface area contributed by atoms with Gasteiger partial charge < -0.3 is 10.8 Å². The Kier molecular flexibility index (Phi) is 5.25. The van der Waals surface area contributed by atoms with E-state index in [1.165, 1.54) is 45.4 Å². The number of aromatic amines is 1. The molecular weight excluding hydrogens is 402 g/mol. The molecule has 2 aliphatic rings. The zero-order valence-corrected chi connectivity index (χ0v) is 17.5. The van der Waals surface area contributed by atoms with Crippen LogP contribution in [0, 0.1) is 5.92 Å². The van der Waals surface area contributed by atoms with Crippen molar-refractivity contribution < 1.29 is 5.11 Å². The Morgan fingerprint density at radius 3 is 2.84 bits per heavy atom. The standard InChI is InChI=1S/C19H18O.C6H5N5O/c20-12-14-11-19-15-6-2-1-5-13(15)9-10-18(19)17-8-4-3-7-16(14)17;7-6-10-4-3(5(12)11-6)8-1-2-9-4/h1-2,4-6,8-10,14,20H,3,7,11-12H2;1-2H,(H3,7,9,10,11,12). The highest BCUT2D eigenvalue weighted by Crippen LogP contribution is 2.42. The summed E-state index contributed by atoms with van der Waals surface area (Å²) in [5.74, 6) is 0.348. The van der Waals surface area contributed by atoms with Gasteiger partial charge in [-0.1, -0.05) is 54.1 Å². The van der Waals surface area contributed by atoms with Gasteiger partial charge >= 0.3 is 0 Å². The highest BCUT2D eigenvalue weighted by atomic mass is 16.3. The van der Waals surface area contributed by atoms with E-state index in [0.29, 0.717) is 5.92 Å². The maximum absolute atomic E-state index is 11.1. The molecule has 4 N–H and O–H groups in total. The van der Waals surface area contributed by atoms with Crippen molar-refractivity contribution in [2.24, 2.45) is 5.92 Å². The predicted molar refractivity (Wildman–Crippen MR) is 126 cm³/mol. The predicted octanol–water partition coefficient (Wildman–Crippen LogP) is 3.40. The van der Waals surface area contributed by atoms with Crippen LogP contribution in [-0.2, 0) is 6.42 Å². The molecule has 0 aliphatic heterocycles. The van der Waals surface area contributed by atoms with Crippen LogP contribution >= 0.6 is 0 Å². The Labute approximate surface area is 184 Å². The number of aromatic nitrogens is 4. The Balaban J connectivity index is 0.000000154. The van der Waals surface area contributed by atoms with Crippen LogP contribution in [0.15, 0.2) is 71.3 Å². The minimum Gasteiger partial charge on any atom is -0.396 e. The van der Waals surface area contributed by atoms with Gasteiger partial charge in [-0.15, -0.1) is 0 Å². The number of hydrogen-bond acceptors (Lipinski definition) is 6. The molecule has 2 heterocycles. The average Bonchev–Trinajstić information content (AvgIpc) is 2.83. The van der Waals surface area contributed by atoms with Gasteiger partial charge in [0, 0.05) is 24.9 Å². The maximum atomic E-state index is 11.1. The molecule has 1 atom stereocenters. The van der Waals surface area contributed by atoms with E-state index >= 15 is 0 Å². The zero-order chi connectivity index (χ0) is 22.1. The third-order valence-corrected chi connectivity index (χ3v) is 6.07. The van der Waals surface area contributed by atoms with Gasteiger partial charge in [-0.05, 0) is 46.7 Å². The summed E-state index contributed by atoms with van der Waals surface area (Å²) in [6.45, 7) is 0.259. The van der Waals surface area contributed by atoms with Crippen molar-refractivity contribution in [3.8, 4) is 0 Å². The highest BCUT2D eigenvalue weighted by molar-refractivity contribution is 5.94. The molecule has 32 heavy (non-hydrogen) atoms. The lowest BCUT2D eigenvalue weighted by Gasteiger charge is -2.31. The smallest absolute Gasteiger partial charge is 0.280 e. The molecule has 7 heteroatoms. The van der Waals surface area contributed by atoms with Crippen molar-refractivity contribution in [1.82, 2.24) is 19.9 Å². The number of H-pyrrole nitrogens is 1. The van der Waals surface area contributed by atoms with E-state index < -0.39 is 0 Å². The minimum absolute atomic E-state index is 0.0491. The van der Waals surface area contributed by atoms with Crippen LogP contribution in [-0.4, -0.2) is 31.6 Å². The van der Waals surface area contributed by atoms with Crippen LogP contribution in [0.2, 0.25) is 0 Å². The number of fused-ring (bicyclic) bond motifs is 5. The summed E-state index contributed by atoms with van der Waals surface area (Å²) in [6, 6.07) is 13.1. The summed E-state index contributed by atoms with van der Waals surface area (Å²) in [6.07, 6.45) is 10.6. The van der Waals surface area contributed by atoms with Gasteiger partial charge in [0.05, 0.1) is 0 Å². The number of nitrogens with zero attached hydrogens (tertiary/aromatic N) is 3. The van der Waals surface area contributed by atoms with Crippen molar-refractivity contribution in [3.05, 3.63) is 88.0 Å². The molecule has 160 valence electrons. The number of hydrogen-bond donors (Lipinski definition) is 3. The summed E-state index contributed by atoms with van der Waals surface area (Å²) in [7, 11) is 0. The lowest BCUT2D eigenvalue weighted by Crippen LogP contribution is -2.20. The molecule has 7 nitrogen and oxygen atoms in total. The largest absolute Gasteiger partial charge is 0.396 e. The topological polar surface area (TPSA) is 118 Å². The third kappa shape index (κ3) is 3.56. The Hall–Kier alpha value is -3.84. The Bertz CT molecular complexity index is 1440. The van der Waals surface area contributed by atoms with Crippen molar-refractivity contribution >= 4 is 33.5 Å². The quantitative estimate of drug-likeness (QED) is 0.430. The molecule has 0 saturated carbocycles. The highest BCUT2D eigenvalue weighted by Gasteiger charge is 2.27.